The van der Waals surface area contributed by atoms with E-state index in [4.69, 9.17) is 5.10 Å². The predicted molar refractivity (Wildman–Crippen MR) is 132 cm³/mol. The van der Waals surface area contributed by atoms with Crippen LogP contribution in [-0.4, -0.2) is 10.8 Å². The molecule has 0 atom stereocenters. The summed E-state index contributed by atoms with van der Waals surface area (Å²) in [5.41, 5.74) is 5.95. The van der Waals surface area contributed by atoms with Crippen LogP contribution >= 0.6 is 0 Å². The number of anilines is 1. The second-order valence-corrected chi connectivity index (χ2v) is 7.66. The van der Waals surface area contributed by atoms with Crippen molar-refractivity contribution in [2.45, 2.75) is 20.0 Å². The third-order valence-corrected chi connectivity index (χ3v) is 5.69. The predicted octanol–water partition coefficient (Wildman–Crippen LogP) is 6.86. The third kappa shape index (κ3) is 3.82. The van der Waals surface area contributed by atoms with Gasteiger partial charge in [-0.15, -0.1) is 0 Å². The standard InChI is InChI=1S/C28H25N3/c1-2-30-27-16-10-9-15-25(27)26-19-23(17-18-28(26)30)20-29-31(24-13-7-4-8-14-24)21-22-11-5-3-6-12-22/h3-20H,2,21H2,1H3. The van der Waals surface area contributed by atoms with Gasteiger partial charge in [0.15, 0.2) is 0 Å². The molecule has 5 rings (SSSR count). The molecule has 31 heavy (non-hydrogen) atoms. The zero-order valence-electron chi connectivity index (χ0n) is 17.6. The first-order valence-electron chi connectivity index (χ1n) is 10.7. The van der Waals surface area contributed by atoms with Crippen molar-refractivity contribution in [3.63, 3.8) is 0 Å². The van der Waals surface area contributed by atoms with Gasteiger partial charge in [0.05, 0.1) is 18.4 Å². The Morgan fingerprint density at radius 3 is 2.19 bits per heavy atom. The normalized spacial score (nSPS) is 11.5. The van der Waals surface area contributed by atoms with Crippen molar-refractivity contribution in [3.8, 4) is 0 Å². The Balaban J connectivity index is 1.53. The Morgan fingerprint density at radius 1 is 0.742 bits per heavy atom. The SMILES string of the molecule is CCn1c2ccccc2c2cc(C=NN(Cc3ccccc3)c3ccccc3)ccc21. The van der Waals surface area contributed by atoms with Crippen LogP contribution in [-0.2, 0) is 13.1 Å². The highest BCUT2D eigenvalue weighted by molar-refractivity contribution is 6.09. The summed E-state index contributed by atoms with van der Waals surface area (Å²) in [6.45, 7) is 3.87. The second-order valence-electron chi connectivity index (χ2n) is 7.66. The van der Waals surface area contributed by atoms with E-state index in [9.17, 15) is 0 Å². The van der Waals surface area contributed by atoms with Gasteiger partial charge in [0.25, 0.3) is 0 Å². The second kappa shape index (κ2) is 8.49. The lowest BCUT2D eigenvalue weighted by Gasteiger charge is -2.19. The Labute approximate surface area is 182 Å². The van der Waals surface area contributed by atoms with E-state index in [0.29, 0.717) is 0 Å². The summed E-state index contributed by atoms with van der Waals surface area (Å²) in [4.78, 5) is 0. The van der Waals surface area contributed by atoms with Gasteiger partial charge < -0.3 is 4.57 Å². The van der Waals surface area contributed by atoms with E-state index in [1.54, 1.807) is 0 Å². The van der Waals surface area contributed by atoms with Crippen LogP contribution in [0.2, 0.25) is 0 Å². The molecule has 0 saturated heterocycles. The highest BCUT2D eigenvalue weighted by Gasteiger charge is 2.10. The highest BCUT2D eigenvalue weighted by Crippen LogP contribution is 2.29. The lowest BCUT2D eigenvalue weighted by molar-refractivity contribution is 0.827. The van der Waals surface area contributed by atoms with Crippen LogP contribution in [0.4, 0.5) is 5.69 Å². The molecule has 0 aliphatic rings. The summed E-state index contributed by atoms with van der Waals surface area (Å²) >= 11 is 0. The third-order valence-electron chi connectivity index (χ3n) is 5.69. The fourth-order valence-corrected chi connectivity index (χ4v) is 4.18. The molecule has 0 amide bonds. The molecule has 5 aromatic rings. The van der Waals surface area contributed by atoms with Crippen molar-refractivity contribution in [2.24, 2.45) is 5.10 Å². The Hall–Kier alpha value is -3.85. The molecule has 1 heterocycles. The molecule has 0 N–H and O–H groups in total. The molecule has 0 unspecified atom stereocenters. The average Bonchev–Trinajstić information content (AvgIpc) is 3.16. The number of fused-ring (bicyclic) bond motifs is 3. The van der Waals surface area contributed by atoms with Gasteiger partial charge in [0.2, 0.25) is 0 Å². The Kier molecular flexibility index (Phi) is 5.24. The van der Waals surface area contributed by atoms with Gasteiger partial charge in [0, 0.05) is 28.4 Å². The van der Waals surface area contributed by atoms with E-state index in [1.165, 1.54) is 27.4 Å². The van der Waals surface area contributed by atoms with E-state index < -0.39 is 0 Å². The van der Waals surface area contributed by atoms with Gasteiger partial charge in [0.1, 0.15) is 0 Å². The molecule has 0 bridgehead atoms. The number of aromatic nitrogens is 1. The fraction of sp³-hybridized carbons (Fsp3) is 0.107. The summed E-state index contributed by atoms with van der Waals surface area (Å²) in [6, 6.07) is 36.0. The molecule has 0 aliphatic carbocycles. The maximum atomic E-state index is 4.87. The van der Waals surface area contributed by atoms with Crippen LogP contribution in [0.5, 0.6) is 0 Å². The molecule has 1 aromatic heterocycles. The minimum absolute atomic E-state index is 0.721. The van der Waals surface area contributed by atoms with Gasteiger partial charge in [-0.1, -0.05) is 72.8 Å². The topological polar surface area (TPSA) is 20.5 Å². The number of hydrazone groups is 1. The molecule has 3 nitrogen and oxygen atoms in total. The van der Waals surface area contributed by atoms with Crippen molar-refractivity contribution in [3.05, 3.63) is 114 Å². The van der Waals surface area contributed by atoms with E-state index in [1.807, 2.05) is 18.3 Å². The van der Waals surface area contributed by atoms with Crippen molar-refractivity contribution in [1.82, 2.24) is 4.57 Å². The van der Waals surface area contributed by atoms with Crippen LogP contribution in [0.1, 0.15) is 18.1 Å². The number of para-hydroxylation sites is 2. The minimum atomic E-state index is 0.721. The van der Waals surface area contributed by atoms with E-state index in [0.717, 1.165) is 24.3 Å². The number of nitrogens with zero attached hydrogens (tertiary/aromatic N) is 3. The van der Waals surface area contributed by atoms with Gasteiger partial charge in [-0.2, -0.15) is 5.10 Å². The quantitative estimate of drug-likeness (QED) is 0.224. The van der Waals surface area contributed by atoms with Gasteiger partial charge in [-0.25, -0.2) is 0 Å². The number of rotatable bonds is 6. The Morgan fingerprint density at radius 2 is 1.42 bits per heavy atom. The van der Waals surface area contributed by atoms with E-state index in [-0.39, 0.29) is 0 Å². The van der Waals surface area contributed by atoms with Crippen LogP contribution < -0.4 is 5.01 Å². The van der Waals surface area contributed by atoms with E-state index >= 15 is 0 Å². The van der Waals surface area contributed by atoms with E-state index in [2.05, 4.69) is 107 Å². The molecule has 152 valence electrons. The molecule has 0 aliphatic heterocycles. The summed E-state index contributed by atoms with van der Waals surface area (Å²) < 4.78 is 2.37. The smallest absolute Gasteiger partial charge is 0.0666 e. The largest absolute Gasteiger partial charge is 0.341 e. The summed E-state index contributed by atoms with van der Waals surface area (Å²) in [6.07, 6.45) is 1.97. The van der Waals surface area contributed by atoms with Crippen LogP contribution in [0, 0.1) is 0 Å². The number of aryl methyl sites for hydroxylation is 1. The van der Waals surface area contributed by atoms with Crippen LogP contribution in [0.15, 0.2) is 108 Å². The highest BCUT2D eigenvalue weighted by atomic mass is 15.4. The maximum Gasteiger partial charge on any atom is 0.0666 e. The first-order valence-corrected chi connectivity index (χ1v) is 10.7. The molecule has 0 radical (unpaired) electrons. The maximum absolute atomic E-state index is 4.87. The van der Waals surface area contributed by atoms with Crippen molar-refractivity contribution < 1.29 is 0 Å². The van der Waals surface area contributed by atoms with Crippen molar-refractivity contribution in [1.29, 1.82) is 0 Å². The zero-order valence-corrected chi connectivity index (χ0v) is 17.6. The number of hydrogen-bond donors (Lipinski definition) is 0. The van der Waals surface area contributed by atoms with Gasteiger partial charge >= 0.3 is 0 Å². The fourth-order valence-electron chi connectivity index (χ4n) is 4.18. The molecule has 3 heteroatoms. The molecular formula is C28H25N3. The number of benzene rings is 4. The van der Waals surface area contributed by atoms with Gasteiger partial charge in [-0.05, 0) is 48.4 Å². The summed E-state index contributed by atoms with van der Waals surface area (Å²) in [5.74, 6) is 0. The molecule has 0 fully saturated rings. The molecular weight excluding hydrogens is 378 g/mol. The average molecular weight is 404 g/mol. The molecule has 4 aromatic carbocycles. The van der Waals surface area contributed by atoms with Crippen LogP contribution in [0.3, 0.4) is 0 Å². The number of hydrogen-bond acceptors (Lipinski definition) is 2. The first kappa shape index (κ1) is 19.1. The lowest BCUT2D eigenvalue weighted by atomic mass is 10.1. The minimum Gasteiger partial charge on any atom is -0.341 e. The molecule has 0 spiro atoms. The van der Waals surface area contributed by atoms with Crippen molar-refractivity contribution in [2.75, 3.05) is 5.01 Å². The summed E-state index contributed by atoms with van der Waals surface area (Å²) in [5, 5.41) is 9.49. The van der Waals surface area contributed by atoms with Crippen molar-refractivity contribution >= 4 is 33.7 Å². The van der Waals surface area contributed by atoms with Crippen LogP contribution in [0.25, 0.3) is 21.8 Å². The lowest BCUT2D eigenvalue weighted by Crippen LogP contribution is -2.15. The monoisotopic (exact) mass is 403 g/mol. The zero-order chi connectivity index (χ0) is 21.0. The first-order chi connectivity index (χ1) is 15.3. The van der Waals surface area contributed by atoms with Gasteiger partial charge in [-0.3, -0.25) is 5.01 Å². The molecule has 0 saturated carbocycles. The summed E-state index contributed by atoms with van der Waals surface area (Å²) in [7, 11) is 0. The Bertz CT molecular complexity index is 1330.